The van der Waals surface area contributed by atoms with Crippen molar-refractivity contribution in [2.45, 2.75) is 18.9 Å². The molecule has 2 aromatic rings. The Balaban J connectivity index is 1.63. The van der Waals surface area contributed by atoms with Crippen LogP contribution in [0.3, 0.4) is 0 Å². The van der Waals surface area contributed by atoms with Gasteiger partial charge in [0.15, 0.2) is 0 Å². The summed E-state index contributed by atoms with van der Waals surface area (Å²) in [5, 5.41) is 9.08. The molecule has 0 spiro atoms. The Hall–Kier alpha value is -2.33. The number of benzene rings is 2. The summed E-state index contributed by atoms with van der Waals surface area (Å²) in [7, 11) is 1.68. The lowest BCUT2D eigenvalue weighted by atomic mass is 9.98. The second-order valence-corrected chi connectivity index (χ2v) is 6.00. The first-order valence-electron chi connectivity index (χ1n) is 7.84. The molecule has 0 saturated carbocycles. The summed E-state index contributed by atoms with van der Waals surface area (Å²) in [5.41, 5.74) is 2.75. The van der Waals surface area contributed by atoms with Crippen LogP contribution in [-0.4, -0.2) is 36.2 Å². The Morgan fingerprint density at radius 2 is 2.04 bits per heavy atom. The van der Waals surface area contributed by atoms with Crippen LogP contribution in [0.15, 0.2) is 48.5 Å². The molecule has 1 N–H and O–H groups in total. The van der Waals surface area contributed by atoms with Gasteiger partial charge in [-0.15, -0.1) is 0 Å². The molecule has 23 heavy (non-hydrogen) atoms. The summed E-state index contributed by atoms with van der Waals surface area (Å²) in [5.74, 6) is 0.544. The Kier molecular flexibility index (Phi) is 4.63. The third-order valence-electron chi connectivity index (χ3n) is 4.44. The molecule has 1 aliphatic rings. The van der Waals surface area contributed by atoms with Crippen molar-refractivity contribution in [3.8, 4) is 5.75 Å². The molecule has 1 atom stereocenters. The molecule has 0 bridgehead atoms. The third-order valence-corrected chi connectivity index (χ3v) is 4.44. The van der Waals surface area contributed by atoms with Gasteiger partial charge in [0.05, 0.1) is 12.7 Å². The largest absolute Gasteiger partial charge is 0.497 e. The maximum absolute atomic E-state index is 11.1. The van der Waals surface area contributed by atoms with Crippen LogP contribution in [-0.2, 0) is 6.54 Å². The summed E-state index contributed by atoms with van der Waals surface area (Å²) in [6.07, 6.45) is 1.13. The Bertz CT molecular complexity index is 681. The normalized spacial score (nSPS) is 18.0. The Labute approximate surface area is 136 Å². The molecule has 1 unspecified atom stereocenters. The summed E-state index contributed by atoms with van der Waals surface area (Å²) >= 11 is 0. The first-order chi connectivity index (χ1) is 11.2. The molecular formula is C19H21NO3. The maximum Gasteiger partial charge on any atom is 0.335 e. The highest BCUT2D eigenvalue weighted by Gasteiger charge is 2.23. The number of ether oxygens (including phenoxy) is 1. The molecule has 0 radical (unpaired) electrons. The fourth-order valence-electron chi connectivity index (χ4n) is 3.19. The molecule has 3 rings (SSSR count). The van der Waals surface area contributed by atoms with E-state index in [1.165, 1.54) is 5.56 Å². The number of aromatic carboxylic acids is 1. The van der Waals surface area contributed by atoms with Gasteiger partial charge in [0.2, 0.25) is 0 Å². The first-order valence-corrected chi connectivity index (χ1v) is 7.84. The second kappa shape index (κ2) is 6.84. The lowest BCUT2D eigenvalue weighted by molar-refractivity contribution is 0.0696. The lowest BCUT2D eigenvalue weighted by Crippen LogP contribution is -2.20. The molecule has 4 heteroatoms. The van der Waals surface area contributed by atoms with Gasteiger partial charge in [-0.3, -0.25) is 4.90 Å². The summed E-state index contributed by atoms with van der Waals surface area (Å²) < 4.78 is 5.20. The van der Waals surface area contributed by atoms with Gasteiger partial charge in [0, 0.05) is 13.1 Å². The standard InChI is InChI=1S/C19H21NO3/c1-23-18-7-5-15(6-8-18)17-9-10-20(13-17)12-14-3-2-4-16(11-14)19(21)22/h2-8,11,17H,9-10,12-13H2,1H3,(H,21,22). The van der Waals surface area contributed by atoms with Gasteiger partial charge in [-0.05, 0) is 54.3 Å². The van der Waals surface area contributed by atoms with Crippen LogP contribution in [0, 0.1) is 0 Å². The molecule has 1 heterocycles. The number of hydrogen-bond donors (Lipinski definition) is 1. The first kappa shape index (κ1) is 15.6. The van der Waals surface area contributed by atoms with Crippen molar-refractivity contribution in [3.05, 3.63) is 65.2 Å². The van der Waals surface area contributed by atoms with Crippen molar-refractivity contribution >= 4 is 5.97 Å². The molecule has 1 saturated heterocycles. The Morgan fingerprint density at radius 1 is 1.26 bits per heavy atom. The highest BCUT2D eigenvalue weighted by molar-refractivity contribution is 5.87. The van der Waals surface area contributed by atoms with Crippen LogP contribution in [0.4, 0.5) is 0 Å². The highest BCUT2D eigenvalue weighted by Crippen LogP contribution is 2.29. The predicted octanol–water partition coefficient (Wildman–Crippen LogP) is 3.38. The smallest absolute Gasteiger partial charge is 0.335 e. The van der Waals surface area contributed by atoms with Gasteiger partial charge in [-0.1, -0.05) is 24.3 Å². The van der Waals surface area contributed by atoms with Crippen molar-refractivity contribution < 1.29 is 14.6 Å². The highest BCUT2D eigenvalue weighted by atomic mass is 16.5. The maximum atomic E-state index is 11.1. The van der Waals surface area contributed by atoms with Crippen LogP contribution in [0.2, 0.25) is 0 Å². The van der Waals surface area contributed by atoms with E-state index in [9.17, 15) is 4.79 Å². The number of likely N-dealkylation sites (tertiary alicyclic amines) is 1. The lowest BCUT2D eigenvalue weighted by Gasteiger charge is -2.16. The van der Waals surface area contributed by atoms with E-state index < -0.39 is 5.97 Å². The van der Waals surface area contributed by atoms with E-state index in [0.29, 0.717) is 11.5 Å². The van der Waals surface area contributed by atoms with E-state index in [0.717, 1.165) is 37.4 Å². The zero-order valence-corrected chi connectivity index (χ0v) is 13.2. The molecule has 0 aromatic heterocycles. The van der Waals surface area contributed by atoms with Crippen LogP contribution in [0.25, 0.3) is 0 Å². The molecule has 1 aliphatic heterocycles. The fraction of sp³-hybridized carbons (Fsp3) is 0.316. The van der Waals surface area contributed by atoms with Gasteiger partial charge in [0.1, 0.15) is 5.75 Å². The van der Waals surface area contributed by atoms with Gasteiger partial charge in [0.25, 0.3) is 0 Å². The average molecular weight is 311 g/mol. The number of nitrogens with zero attached hydrogens (tertiary/aromatic N) is 1. The van der Waals surface area contributed by atoms with Crippen LogP contribution in [0.5, 0.6) is 5.75 Å². The van der Waals surface area contributed by atoms with Crippen LogP contribution < -0.4 is 4.74 Å². The topological polar surface area (TPSA) is 49.8 Å². The minimum absolute atomic E-state index is 0.355. The summed E-state index contributed by atoms with van der Waals surface area (Å²) in [4.78, 5) is 13.4. The number of carbonyl (C=O) groups is 1. The number of rotatable bonds is 5. The van der Waals surface area contributed by atoms with Gasteiger partial charge in [-0.2, -0.15) is 0 Å². The van der Waals surface area contributed by atoms with E-state index in [4.69, 9.17) is 9.84 Å². The summed E-state index contributed by atoms with van der Waals surface area (Å²) in [6.45, 7) is 2.84. The monoisotopic (exact) mass is 311 g/mol. The molecule has 0 amide bonds. The third kappa shape index (κ3) is 3.71. The van der Waals surface area contributed by atoms with Crippen molar-refractivity contribution in [1.29, 1.82) is 0 Å². The van der Waals surface area contributed by atoms with E-state index in [1.54, 1.807) is 19.2 Å². The quantitative estimate of drug-likeness (QED) is 0.919. The fourth-order valence-corrected chi connectivity index (χ4v) is 3.19. The van der Waals surface area contributed by atoms with Gasteiger partial charge in [-0.25, -0.2) is 4.79 Å². The number of hydrogen-bond acceptors (Lipinski definition) is 3. The Morgan fingerprint density at radius 3 is 2.74 bits per heavy atom. The number of carboxylic acids is 1. The van der Waals surface area contributed by atoms with Gasteiger partial charge < -0.3 is 9.84 Å². The molecule has 120 valence electrons. The van der Waals surface area contributed by atoms with E-state index in [2.05, 4.69) is 17.0 Å². The minimum Gasteiger partial charge on any atom is -0.497 e. The van der Waals surface area contributed by atoms with Crippen molar-refractivity contribution in [3.63, 3.8) is 0 Å². The number of methoxy groups -OCH3 is 1. The van der Waals surface area contributed by atoms with E-state index in [-0.39, 0.29) is 0 Å². The SMILES string of the molecule is COc1ccc(C2CCN(Cc3cccc(C(=O)O)c3)C2)cc1. The second-order valence-electron chi connectivity index (χ2n) is 6.00. The van der Waals surface area contributed by atoms with E-state index in [1.807, 2.05) is 24.3 Å². The zero-order valence-electron chi connectivity index (χ0n) is 13.2. The van der Waals surface area contributed by atoms with Gasteiger partial charge >= 0.3 is 5.97 Å². The molecule has 2 aromatic carbocycles. The average Bonchev–Trinajstić information content (AvgIpc) is 3.03. The minimum atomic E-state index is -0.871. The van der Waals surface area contributed by atoms with Crippen molar-refractivity contribution in [1.82, 2.24) is 4.90 Å². The molecule has 0 aliphatic carbocycles. The van der Waals surface area contributed by atoms with Crippen LogP contribution >= 0.6 is 0 Å². The van der Waals surface area contributed by atoms with Crippen molar-refractivity contribution in [2.24, 2.45) is 0 Å². The summed E-state index contributed by atoms with van der Waals surface area (Å²) in [6, 6.07) is 15.5. The molecule has 4 nitrogen and oxygen atoms in total. The zero-order chi connectivity index (χ0) is 16.2. The number of carboxylic acid groups (broad SMARTS) is 1. The molecular weight excluding hydrogens is 290 g/mol. The van der Waals surface area contributed by atoms with E-state index >= 15 is 0 Å². The van der Waals surface area contributed by atoms with Crippen molar-refractivity contribution in [2.75, 3.05) is 20.2 Å². The molecule has 1 fully saturated rings. The van der Waals surface area contributed by atoms with Crippen LogP contribution in [0.1, 0.15) is 33.8 Å². The predicted molar refractivity (Wildman–Crippen MR) is 89.0 cm³/mol.